The van der Waals surface area contributed by atoms with Crippen LogP contribution in [-0.2, 0) is 4.79 Å². The molecule has 0 saturated carbocycles. The Hall–Kier alpha value is -3.25. The first-order valence-electron chi connectivity index (χ1n) is 8.63. The van der Waals surface area contributed by atoms with Crippen molar-refractivity contribution in [1.29, 1.82) is 0 Å². The van der Waals surface area contributed by atoms with Crippen LogP contribution in [0.1, 0.15) is 27.5 Å². The van der Waals surface area contributed by atoms with Crippen molar-refractivity contribution in [2.24, 2.45) is 5.10 Å². The van der Waals surface area contributed by atoms with Crippen LogP contribution in [0.15, 0.2) is 94.5 Å². The molecule has 0 radical (unpaired) electrons. The largest absolute Gasteiger partial charge is 0.336 e. The highest BCUT2D eigenvalue weighted by atomic mass is 79.9. The van der Waals surface area contributed by atoms with Crippen LogP contribution < -0.4 is 10.7 Å². The summed E-state index contributed by atoms with van der Waals surface area (Å²) in [5.41, 5.74) is 4.50. The second kappa shape index (κ2) is 9.62. The Morgan fingerprint density at radius 3 is 2.11 bits per heavy atom. The van der Waals surface area contributed by atoms with Crippen LogP contribution in [-0.4, -0.2) is 18.0 Å². The summed E-state index contributed by atoms with van der Waals surface area (Å²) in [6.45, 7) is 0. The highest BCUT2D eigenvalue weighted by molar-refractivity contribution is 9.10. The lowest BCUT2D eigenvalue weighted by molar-refractivity contribution is -0.123. The molecule has 140 valence electrons. The number of benzene rings is 3. The van der Waals surface area contributed by atoms with Crippen molar-refractivity contribution in [3.63, 3.8) is 0 Å². The molecule has 0 spiro atoms. The third-order valence-corrected chi connectivity index (χ3v) is 4.49. The van der Waals surface area contributed by atoms with Crippen molar-refractivity contribution < 1.29 is 9.59 Å². The van der Waals surface area contributed by atoms with Crippen molar-refractivity contribution in [3.8, 4) is 0 Å². The Morgan fingerprint density at radius 1 is 0.857 bits per heavy atom. The Kier molecular flexibility index (Phi) is 6.70. The van der Waals surface area contributed by atoms with Gasteiger partial charge >= 0.3 is 0 Å². The van der Waals surface area contributed by atoms with E-state index in [0.29, 0.717) is 11.1 Å². The maximum Gasteiger partial charge on any atom is 0.267 e. The lowest BCUT2D eigenvalue weighted by atomic mass is 10.1. The summed E-state index contributed by atoms with van der Waals surface area (Å²) >= 11 is 3.37. The van der Waals surface area contributed by atoms with Gasteiger partial charge in [-0.25, -0.2) is 5.43 Å². The van der Waals surface area contributed by atoms with Gasteiger partial charge in [0.1, 0.15) is 6.04 Å². The standard InChI is InChI=1S/C22H18BrN3O2/c23-19-13-11-16(12-14-19)15-24-26-22(28)20(17-7-3-1-4-8-17)25-21(27)18-9-5-2-6-10-18/h1-15,20H,(H,25,27)(H,26,28)/b24-15+. The second-order valence-electron chi connectivity index (χ2n) is 5.97. The molecule has 3 aromatic rings. The van der Waals surface area contributed by atoms with Crippen LogP contribution in [0.3, 0.4) is 0 Å². The van der Waals surface area contributed by atoms with Gasteiger partial charge in [-0.05, 0) is 35.4 Å². The number of hydrogen-bond donors (Lipinski definition) is 2. The fourth-order valence-corrected chi connectivity index (χ4v) is 2.80. The number of nitrogens with one attached hydrogen (secondary N) is 2. The number of amides is 2. The molecule has 0 saturated heterocycles. The molecule has 0 fully saturated rings. The van der Waals surface area contributed by atoms with Gasteiger partial charge in [-0.1, -0.05) is 76.6 Å². The number of rotatable bonds is 6. The second-order valence-corrected chi connectivity index (χ2v) is 6.88. The van der Waals surface area contributed by atoms with E-state index in [4.69, 9.17) is 0 Å². The van der Waals surface area contributed by atoms with Gasteiger partial charge in [-0.3, -0.25) is 9.59 Å². The van der Waals surface area contributed by atoms with E-state index < -0.39 is 11.9 Å². The molecule has 3 aromatic carbocycles. The normalized spacial score (nSPS) is 11.8. The van der Waals surface area contributed by atoms with Crippen LogP contribution in [0.2, 0.25) is 0 Å². The topological polar surface area (TPSA) is 70.6 Å². The fraction of sp³-hybridized carbons (Fsp3) is 0.0455. The van der Waals surface area contributed by atoms with Crippen LogP contribution in [0.4, 0.5) is 0 Å². The zero-order valence-electron chi connectivity index (χ0n) is 14.9. The number of carbonyl (C=O) groups excluding carboxylic acids is 2. The molecule has 0 bridgehead atoms. The average Bonchev–Trinajstić information content (AvgIpc) is 2.74. The molecule has 0 aliphatic rings. The van der Waals surface area contributed by atoms with E-state index in [1.54, 1.807) is 42.6 Å². The number of hydrogen-bond acceptors (Lipinski definition) is 3. The molecule has 6 heteroatoms. The highest BCUT2D eigenvalue weighted by Crippen LogP contribution is 2.14. The van der Waals surface area contributed by atoms with Gasteiger partial charge in [-0.15, -0.1) is 0 Å². The van der Waals surface area contributed by atoms with Crippen molar-refractivity contribution in [2.75, 3.05) is 0 Å². The summed E-state index contributed by atoms with van der Waals surface area (Å²) in [7, 11) is 0. The third-order valence-electron chi connectivity index (χ3n) is 3.96. The minimum Gasteiger partial charge on any atom is -0.336 e. The fourth-order valence-electron chi connectivity index (χ4n) is 2.53. The van der Waals surface area contributed by atoms with E-state index >= 15 is 0 Å². The molecule has 0 aliphatic carbocycles. The molecular formula is C22H18BrN3O2. The van der Waals surface area contributed by atoms with E-state index in [1.807, 2.05) is 48.5 Å². The quantitative estimate of drug-likeness (QED) is 0.452. The summed E-state index contributed by atoms with van der Waals surface area (Å²) in [4.78, 5) is 25.2. The zero-order valence-corrected chi connectivity index (χ0v) is 16.5. The van der Waals surface area contributed by atoms with Crippen molar-refractivity contribution >= 4 is 34.0 Å². The molecule has 1 atom stereocenters. The molecule has 2 N–H and O–H groups in total. The monoisotopic (exact) mass is 435 g/mol. The van der Waals surface area contributed by atoms with E-state index in [-0.39, 0.29) is 5.91 Å². The number of carbonyl (C=O) groups is 2. The maximum absolute atomic E-state index is 12.7. The van der Waals surface area contributed by atoms with Crippen molar-refractivity contribution in [1.82, 2.24) is 10.7 Å². The predicted molar refractivity (Wildman–Crippen MR) is 113 cm³/mol. The molecular weight excluding hydrogens is 418 g/mol. The van der Waals surface area contributed by atoms with Crippen LogP contribution in [0, 0.1) is 0 Å². The van der Waals surface area contributed by atoms with Gasteiger partial charge in [0, 0.05) is 10.0 Å². The molecule has 0 aliphatic heterocycles. The first-order chi connectivity index (χ1) is 13.6. The van der Waals surface area contributed by atoms with E-state index in [2.05, 4.69) is 31.8 Å². The van der Waals surface area contributed by atoms with Crippen molar-refractivity contribution in [2.45, 2.75) is 6.04 Å². The lowest BCUT2D eigenvalue weighted by Gasteiger charge is -2.17. The van der Waals surface area contributed by atoms with Gasteiger partial charge in [0.05, 0.1) is 6.21 Å². The molecule has 2 amide bonds. The first kappa shape index (κ1) is 19.5. The van der Waals surface area contributed by atoms with E-state index in [9.17, 15) is 9.59 Å². The summed E-state index contributed by atoms with van der Waals surface area (Å²) in [5, 5.41) is 6.78. The Bertz CT molecular complexity index is 958. The highest BCUT2D eigenvalue weighted by Gasteiger charge is 2.23. The minimum absolute atomic E-state index is 0.332. The summed E-state index contributed by atoms with van der Waals surface area (Å²) in [6.07, 6.45) is 1.55. The molecule has 0 heterocycles. The van der Waals surface area contributed by atoms with Gasteiger partial charge < -0.3 is 5.32 Å². The summed E-state index contributed by atoms with van der Waals surface area (Å²) in [6, 6.07) is 24.5. The molecule has 5 nitrogen and oxygen atoms in total. The molecule has 0 aromatic heterocycles. The lowest BCUT2D eigenvalue weighted by Crippen LogP contribution is -2.38. The Morgan fingerprint density at radius 2 is 1.46 bits per heavy atom. The smallest absolute Gasteiger partial charge is 0.267 e. The van der Waals surface area contributed by atoms with E-state index in [0.717, 1.165) is 10.0 Å². The number of halogens is 1. The van der Waals surface area contributed by atoms with Crippen LogP contribution in [0.5, 0.6) is 0 Å². The SMILES string of the molecule is O=C(NC(C(=O)N/N=C/c1ccc(Br)cc1)c1ccccc1)c1ccccc1. The molecule has 1 unspecified atom stereocenters. The van der Waals surface area contributed by atoms with Crippen molar-refractivity contribution in [3.05, 3.63) is 106 Å². The average molecular weight is 436 g/mol. The molecule has 28 heavy (non-hydrogen) atoms. The van der Waals surface area contributed by atoms with Gasteiger partial charge in [0.2, 0.25) is 0 Å². The zero-order chi connectivity index (χ0) is 19.8. The van der Waals surface area contributed by atoms with Gasteiger partial charge in [0.25, 0.3) is 11.8 Å². The van der Waals surface area contributed by atoms with Gasteiger partial charge in [-0.2, -0.15) is 5.10 Å². The summed E-state index contributed by atoms with van der Waals surface area (Å²) in [5.74, 6) is -0.759. The molecule has 3 rings (SSSR count). The maximum atomic E-state index is 12.7. The van der Waals surface area contributed by atoms with Gasteiger partial charge in [0.15, 0.2) is 0 Å². The Balaban J connectivity index is 1.73. The van der Waals surface area contributed by atoms with Crippen LogP contribution in [0.25, 0.3) is 0 Å². The van der Waals surface area contributed by atoms with Crippen LogP contribution >= 0.6 is 15.9 Å². The summed E-state index contributed by atoms with van der Waals surface area (Å²) < 4.78 is 0.960. The number of nitrogens with zero attached hydrogens (tertiary/aromatic N) is 1. The minimum atomic E-state index is -0.865. The Labute approximate surface area is 171 Å². The first-order valence-corrected chi connectivity index (χ1v) is 9.42. The predicted octanol–water partition coefficient (Wildman–Crippen LogP) is 4.07. The third kappa shape index (κ3) is 5.37. The van der Waals surface area contributed by atoms with E-state index in [1.165, 1.54) is 0 Å². The number of hydrazone groups is 1.